The van der Waals surface area contributed by atoms with Crippen LogP contribution in [-0.2, 0) is 4.74 Å². The lowest BCUT2D eigenvalue weighted by molar-refractivity contribution is 0.186. The van der Waals surface area contributed by atoms with Crippen molar-refractivity contribution in [1.29, 1.82) is 0 Å². The van der Waals surface area contributed by atoms with Crippen molar-refractivity contribution in [2.24, 2.45) is 11.8 Å². The number of anilines is 1. The van der Waals surface area contributed by atoms with E-state index in [0.29, 0.717) is 24.3 Å². The maximum absolute atomic E-state index is 9.70. The fourth-order valence-corrected chi connectivity index (χ4v) is 3.12. The molecular weight excluding hydrogens is 250 g/mol. The minimum Gasteiger partial charge on any atom is -0.508 e. The summed E-state index contributed by atoms with van der Waals surface area (Å²) in [7, 11) is 0. The molecule has 0 aliphatic carbocycles. The number of phenols is 1. The van der Waals surface area contributed by atoms with Gasteiger partial charge in [-0.3, -0.25) is 0 Å². The summed E-state index contributed by atoms with van der Waals surface area (Å²) in [6, 6.07) is 7.99. The molecule has 3 heteroatoms. The summed E-state index contributed by atoms with van der Waals surface area (Å²) in [5, 5.41) is 9.70. The van der Waals surface area contributed by atoms with E-state index in [4.69, 9.17) is 4.74 Å². The molecule has 1 N–H and O–H groups in total. The molecule has 3 unspecified atom stereocenters. The molecule has 0 radical (unpaired) electrons. The fraction of sp³-hybridized carbons (Fsp3) is 0.529. The Kier molecular flexibility index (Phi) is 4.94. The summed E-state index contributed by atoms with van der Waals surface area (Å²) >= 11 is 0. The standard InChI is InChI=1S/C17H25NO2/c1-4-20-11-9-17-14(3)13(2)8-10-18(17)15-6-5-7-16(19)12-15/h4-7,12-14,17,19H,1,8-11H2,2-3H3. The predicted molar refractivity (Wildman–Crippen MR) is 83.0 cm³/mol. The number of hydrogen-bond acceptors (Lipinski definition) is 3. The van der Waals surface area contributed by atoms with Crippen molar-refractivity contribution >= 4 is 5.69 Å². The van der Waals surface area contributed by atoms with E-state index in [1.807, 2.05) is 12.1 Å². The van der Waals surface area contributed by atoms with E-state index in [-0.39, 0.29) is 0 Å². The molecule has 3 atom stereocenters. The van der Waals surface area contributed by atoms with Crippen LogP contribution in [0.5, 0.6) is 5.75 Å². The van der Waals surface area contributed by atoms with Crippen LogP contribution in [0, 0.1) is 11.8 Å². The fourth-order valence-electron chi connectivity index (χ4n) is 3.12. The topological polar surface area (TPSA) is 32.7 Å². The maximum Gasteiger partial charge on any atom is 0.117 e. The predicted octanol–water partition coefficient (Wildman–Crippen LogP) is 3.79. The summed E-state index contributed by atoms with van der Waals surface area (Å²) in [4.78, 5) is 2.41. The molecule has 1 aliphatic heterocycles. The molecule has 1 aliphatic rings. The second-order valence-electron chi connectivity index (χ2n) is 5.73. The van der Waals surface area contributed by atoms with Gasteiger partial charge in [-0.2, -0.15) is 0 Å². The van der Waals surface area contributed by atoms with Crippen molar-refractivity contribution in [1.82, 2.24) is 0 Å². The van der Waals surface area contributed by atoms with Crippen molar-refractivity contribution in [2.75, 3.05) is 18.1 Å². The van der Waals surface area contributed by atoms with E-state index in [2.05, 4.69) is 31.4 Å². The van der Waals surface area contributed by atoms with Gasteiger partial charge >= 0.3 is 0 Å². The molecule has 1 aromatic carbocycles. The van der Waals surface area contributed by atoms with Crippen molar-refractivity contribution in [3.8, 4) is 5.75 Å². The Hall–Kier alpha value is -1.64. The third kappa shape index (κ3) is 3.27. The third-order valence-electron chi connectivity index (χ3n) is 4.54. The number of benzene rings is 1. The number of nitrogens with zero attached hydrogens (tertiary/aromatic N) is 1. The Morgan fingerprint density at radius 3 is 2.95 bits per heavy atom. The van der Waals surface area contributed by atoms with Gasteiger partial charge in [-0.15, -0.1) is 0 Å². The zero-order valence-electron chi connectivity index (χ0n) is 12.5. The monoisotopic (exact) mass is 275 g/mol. The van der Waals surface area contributed by atoms with Gasteiger partial charge in [0.05, 0.1) is 12.9 Å². The number of hydrogen-bond donors (Lipinski definition) is 1. The molecule has 1 heterocycles. The molecule has 0 bridgehead atoms. The number of ether oxygens (including phenoxy) is 1. The van der Waals surface area contributed by atoms with Crippen molar-refractivity contribution < 1.29 is 9.84 Å². The van der Waals surface area contributed by atoms with Crippen LogP contribution < -0.4 is 4.90 Å². The molecule has 2 rings (SSSR count). The average molecular weight is 275 g/mol. The van der Waals surface area contributed by atoms with E-state index >= 15 is 0 Å². The molecule has 0 spiro atoms. The van der Waals surface area contributed by atoms with Crippen molar-refractivity contribution in [3.05, 3.63) is 37.1 Å². The van der Waals surface area contributed by atoms with Gasteiger partial charge in [-0.1, -0.05) is 26.5 Å². The molecule has 0 saturated carbocycles. The highest BCUT2D eigenvalue weighted by Gasteiger charge is 2.33. The SMILES string of the molecule is C=COCCC1C(C)C(C)CCN1c1cccc(O)c1. The number of aromatic hydroxyl groups is 1. The summed E-state index contributed by atoms with van der Waals surface area (Å²) < 4.78 is 5.32. The van der Waals surface area contributed by atoms with Gasteiger partial charge < -0.3 is 14.7 Å². The molecular formula is C17H25NO2. The second-order valence-corrected chi connectivity index (χ2v) is 5.73. The summed E-state index contributed by atoms with van der Waals surface area (Å²) in [6.07, 6.45) is 3.68. The second kappa shape index (κ2) is 6.69. The quantitative estimate of drug-likeness (QED) is 0.655. The number of rotatable bonds is 5. The van der Waals surface area contributed by atoms with Gasteiger partial charge in [0.15, 0.2) is 0 Å². The highest BCUT2D eigenvalue weighted by molar-refractivity contribution is 5.51. The first kappa shape index (κ1) is 14.8. The lowest BCUT2D eigenvalue weighted by Gasteiger charge is -2.44. The van der Waals surface area contributed by atoms with Gasteiger partial charge in [-0.05, 0) is 30.4 Å². The van der Waals surface area contributed by atoms with Gasteiger partial charge in [0.25, 0.3) is 0 Å². The summed E-state index contributed by atoms with van der Waals surface area (Å²) in [5.41, 5.74) is 1.10. The lowest BCUT2D eigenvalue weighted by Crippen LogP contribution is -2.48. The van der Waals surface area contributed by atoms with Crippen LogP contribution >= 0.6 is 0 Å². The Balaban J connectivity index is 2.17. The first-order valence-electron chi connectivity index (χ1n) is 7.41. The van der Waals surface area contributed by atoms with E-state index in [9.17, 15) is 5.11 Å². The minimum absolute atomic E-state index is 0.329. The first-order chi connectivity index (χ1) is 9.63. The van der Waals surface area contributed by atoms with Gasteiger partial charge in [0, 0.05) is 30.8 Å². The van der Waals surface area contributed by atoms with Crippen LogP contribution in [0.15, 0.2) is 37.1 Å². The number of phenolic OH excluding ortho intramolecular Hbond substituents is 1. The van der Waals surface area contributed by atoms with Crippen molar-refractivity contribution in [2.45, 2.75) is 32.7 Å². The first-order valence-corrected chi connectivity index (χ1v) is 7.41. The largest absolute Gasteiger partial charge is 0.508 e. The molecule has 0 amide bonds. The Morgan fingerprint density at radius 1 is 1.45 bits per heavy atom. The smallest absolute Gasteiger partial charge is 0.117 e. The molecule has 1 saturated heterocycles. The molecule has 3 nitrogen and oxygen atoms in total. The van der Waals surface area contributed by atoms with E-state index < -0.39 is 0 Å². The van der Waals surface area contributed by atoms with Crippen LogP contribution in [-0.4, -0.2) is 24.3 Å². The zero-order valence-corrected chi connectivity index (χ0v) is 12.5. The van der Waals surface area contributed by atoms with Crippen LogP contribution in [0.2, 0.25) is 0 Å². The zero-order chi connectivity index (χ0) is 14.5. The molecule has 110 valence electrons. The van der Waals surface area contributed by atoms with Crippen LogP contribution in [0.25, 0.3) is 0 Å². The summed E-state index contributed by atoms with van der Waals surface area (Å²) in [6.45, 7) is 9.97. The van der Waals surface area contributed by atoms with Crippen molar-refractivity contribution in [3.63, 3.8) is 0 Å². The molecule has 0 aromatic heterocycles. The van der Waals surface area contributed by atoms with E-state index in [1.54, 1.807) is 6.07 Å². The maximum atomic E-state index is 9.70. The third-order valence-corrected chi connectivity index (χ3v) is 4.54. The van der Waals surface area contributed by atoms with Crippen LogP contribution in [0.4, 0.5) is 5.69 Å². The lowest BCUT2D eigenvalue weighted by atomic mass is 9.80. The van der Waals surface area contributed by atoms with E-state index in [0.717, 1.165) is 24.6 Å². The Labute approximate surface area is 121 Å². The minimum atomic E-state index is 0.329. The highest BCUT2D eigenvalue weighted by Crippen LogP contribution is 2.34. The molecule has 1 fully saturated rings. The van der Waals surface area contributed by atoms with Crippen LogP contribution in [0.3, 0.4) is 0 Å². The Bertz CT molecular complexity index is 446. The normalized spacial score (nSPS) is 26.3. The van der Waals surface area contributed by atoms with Gasteiger partial charge in [0.1, 0.15) is 5.75 Å². The van der Waals surface area contributed by atoms with E-state index in [1.165, 1.54) is 12.7 Å². The van der Waals surface area contributed by atoms with Gasteiger partial charge in [-0.25, -0.2) is 0 Å². The van der Waals surface area contributed by atoms with Gasteiger partial charge in [0.2, 0.25) is 0 Å². The molecule has 1 aromatic rings. The molecule has 20 heavy (non-hydrogen) atoms. The highest BCUT2D eigenvalue weighted by atomic mass is 16.5. The number of piperidine rings is 1. The summed E-state index contributed by atoms with van der Waals surface area (Å²) in [5.74, 6) is 1.66. The van der Waals surface area contributed by atoms with Crippen LogP contribution in [0.1, 0.15) is 26.7 Å². The average Bonchev–Trinajstić information content (AvgIpc) is 2.44. The Morgan fingerprint density at radius 2 is 2.25 bits per heavy atom.